The quantitative estimate of drug-likeness (QED) is 0.842. The molecular weight excluding hydrogens is 322 g/mol. The van der Waals surface area contributed by atoms with Gasteiger partial charge in [-0.2, -0.15) is 5.10 Å². The minimum atomic E-state index is -0.946. The number of ether oxygens (including phenoxy) is 2. The molecule has 0 unspecified atom stereocenters. The second-order valence-corrected chi connectivity index (χ2v) is 5.89. The highest BCUT2D eigenvalue weighted by Crippen LogP contribution is 2.21. The number of esters is 1. The SMILES string of the molecule is COc1cc(C(=O)O[C@H](C)C(=O)Nc2c(C)nn(C)c2C)ccc1C. The molecule has 1 N–H and O–H groups in total. The average molecular weight is 345 g/mol. The molecule has 0 aliphatic rings. The van der Waals surface area contributed by atoms with Crippen LogP contribution < -0.4 is 10.1 Å². The molecule has 7 nitrogen and oxygen atoms in total. The monoisotopic (exact) mass is 345 g/mol. The molecule has 0 aliphatic carbocycles. The maximum atomic E-state index is 12.3. The number of benzene rings is 1. The Morgan fingerprint density at radius 3 is 2.48 bits per heavy atom. The number of nitrogens with one attached hydrogen (secondary N) is 1. The zero-order valence-corrected chi connectivity index (χ0v) is 15.3. The van der Waals surface area contributed by atoms with Gasteiger partial charge in [-0.25, -0.2) is 4.79 Å². The van der Waals surface area contributed by atoms with Crippen LogP contribution in [0.3, 0.4) is 0 Å². The highest BCUT2D eigenvalue weighted by atomic mass is 16.5. The summed E-state index contributed by atoms with van der Waals surface area (Å²) < 4.78 is 12.1. The van der Waals surface area contributed by atoms with Crippen LogP contribution in [0.15, 0.2) is 18.2 Å². The van der Waals surface area contributed by atoms with Gasteiger partial charge in [-0.1, -0.05) is 6.07 Å². The lowest BCUT2D eigenvalue weighted by Crippen LogP contribution is -2.30. The summed E-state index contributed by atoms with van der Waals surface area (Å²) in [6.07, 6.45) is -0.946. The topological polar surface area (TPSA) is 82.4 Å². The summed E-state index contributed by atoms with van der Waals surface area (Å²) in [7, 11) is 3.33. The molecule has 0 saturated heterocycles. The Balaban J connectivity index is 2.06. The maximum absolute atomic E-state index is 12.3. The van der Waals surface area contributed by atoms with Gasteiger partial charge in [-0.05, 0) is 45.4 Å². The molecule has 2 aromatic rings. The Hall–Kier alpha value is -2.83. The first-order valence-corrected chi connectivity index (χ1v) is 7.91. The summed E-state index contributed by atoms with van der Waals surface area (Å²) in [5, 5.41) is 7.00. The normalized spacial score (nSPS) is 11.8. The number of hydrogen-bond donors (Lipinski definition) is 1. The number of nitrogens with zero attached hydrogens (tertiary/aromatic N) is 2. The first kappa shape index (κ1) is 18.5. The van der Waals surface area contributed by atoms with Crippen LogP contribution in [-0.2, 0) is 16.6 Å². The number of rotatable bonds is 5. The van der Waals surface area contributed by atoms with Crippen molar-refractivity contribution in [2.45, 2.75) is 33.8 Å². The minimum Gasteiger partial charge on any atom is -0.496 e. The van der Waals surface area contributed by atoms with Crippen molar-refractivity contribution in [2.75, 3.05) is 12.4 Å². The smallest absolute Gasteiger partial charge is 0.339 e. The lowest BCUT2D eigenvalue weighted by atomic mass is 10.1. The molecule has 0 bridgehead atoms. The number of aryl methyl sites for hydroxylation is 3. The summed E-state index contributed by atoms with van der Waals surface area (Å²) in [4.78, 5) is 24.6. The molecule has 1 aromatic heterocycles. The second-order valence-electron chi connectivity index (χ2n) is 5.89. The summed E-state index contributed by atoms with van der Waals surface area (Å²) in [5.74, 6) is -0.402. The van der Waals surface area contributed by atoms with Crippen LogP contribution in [0.4, 0.5) is 5.69 Å². The third-order valence-corrected chi connectivity index (χ3v) is 4.05. The van der Waals surface area contributed by atoms with E-state index in [2.05, 4.69) is 10.4 Å². The van der Waals surface area contributed by atoms with Gasteiger partial charge in [0.25, 0.3) is 5.91 Å². The standard InChI is InChI=1S/C18H23N3O4/c1-10-7-8-14(9-15(10)24-6)18(23)25-13(4)17(22)19-16-11(2)20-21(5)12(16)3/h7-9,13H,1-6H3,(H,19,22)/t13-/m1/s1. The van der Waals surface area contributed by atoms with Crippen LogP contribution in [0.2, 0.25) is 0 Å². The summed E-state index contributed by atoms with van der Waals surface area (Å²) >= 11 is 0. The molecule has 0 saturated carbocycles. The van der Waals surface area contributed by atoms with E-state index in [0.29, 0.717) is 22.7 Å². The second kappa shape index (κ2) is 7.38. The van der Waals surface area contributed by atoms with Crippen molar-refractivity contribution in [1.82, 2.24) is 9.78 Å². The molecule has 0 spiro atoms. The molecule has 1 aromatic carbocycles. The lowest BCUT2D eigenvalue weighted by molar-refractivity contribution is -0.123. The van der Waals surface area contributed by atoms with Gasteiger partial charge in [0, 0.05) is 7.05 Å². The van der Waals surface area contributed by atoms with E-state index in [9.17, 15) is 9.59 Å². The van der Waals surface area contributed by atoms with Crippen molar-refractivity contribution in [3.05, 3.63) is 40.7 Å². The van der Waals surface area contributed by atoms with Crippen LogP contribution in [0.1, 0.15) is 34.2 Å². The number of carbonyl (C=O) groups excluding carboxylic acids is 2. The molecule has 1 amide bonds. The molecule has 25 heavy (non-hydrogen) atoms. The average Bonchev–Trinajstić information content (AvgIpc) is 2.81. The third-order valence-electron chi connectivity index (χ3n) is 4.05. The Labute approximate surface area is 146 Å². The van der Waals surface area contributed by atoms with Crippen molar-refractivity contribution in [1.29, 1.82) is 0 Å². The van der Waals surface area contributed by atoms with Gasteiger partial charge in [0.1, 0.15) is 5.75 Å². The van der Waals surface area contributed by atoms with Crippen molar-refractivity contribution in [3.8, 4) is 5.75 Å². The van der Waals surface area contributed by atoms with Crippen LogP contribution >= 0.6 is 0 Å². The van der Waals surface area contributed by atoms with Gasteiger partial charge in [-0.3, -0.25) is 9.48 Å². The van der Waals surface area contributed by atoms with E-state index < -0.39 is 18.0 Å². The van der Waals surface area contributed by atoms with Crippen molar-refractivity contribution < 1.29 is 19.1 Å². The first-order valence-electron chi connectivity index (χ1n) is 7.91. The van der Waals surface area contributed by atoms with Crippen LogP contribution in [0.5, 0.6) is 5.75 Å². The molecule has 0 radical (unpaired) electrons. The van der Waals surface area contributed by atoms with Crippen LogP contribution in [0, 0.1) is 20.8 Å². The number of aromatic nitrogens is 2. The number of methoxy groups -OCH3 is 1. The fourth-order valence-electron chi connectivity index (χ4n) is 2.41. The van der Waals surface area contributed by atoms with E-state index in [4.69, 9.17) is 9.47 Å². The highest BCUT2D eigenvalue weighted by Gasteiger charge is 2.22. The maximum Gasteiger partial charge on any atom is 0.339 e. The zero-order valence-electron chi connectivity index (χ0n) is 15.3. The Bertz CT molecular complexity index is 811. The Kier molecular flexibility index (Phi) is 5.46. The Morgan fingerprint density at radius 2 is 1.92 bits per heavy atom. The number of amides is 1. The predicted molar refractivity (Wildman–Crippen MR) is 93.9 cm³/mol. The molecule has 2 rings (SSSR count). The van der Waals surface area contributed by atoms with Crippen molar-refractivity contribution in [3.63, 3.8) is 0 Å². The predicted octanol–water partition coefficient (Wildman–Crippen LogP) is 2.54. The molecule has 0 fully saturated rings. The first-order chi connectivity index (χ1) is 11.7. The summed E-state index contributed by atoms with van der Waals surface area (Å²) in [6, 6.07) is 5.00. The van der Waals surface area contributed by atoms with Crippen LogP contribution in [0.25, 0.3) is 0 Å². The van der Waals surface area contributed by atoms with E-state index in [-0.39, 0.29) is 0 Å². The molecule has 1 atom stereocenters. The fraction of sp³-hybridized carbons (Fsp3) is 0.389. The molecule has 1 heterocycles. The number of hydrogen-bond acceptors (Lipinski definition) is 5. The molecule has 134 valence electrons. The minimum absolute atomic E-state index is 0.329. The van der Waals surface area contributed by atoms with Gasteiger partial charge in [-0.15, -0.1) is 0 Å². The van der Waals surface area contributed by atoms with E-state index >= 15 is 0 Å². The number of carbonyl (C=O) groups is 2. The molecular formula is C18H23N3O4. The largest absolute Gasteiger partial charge is 0.496 e. The van der Waals surface area contributed by atoms with E-state index in [1.807, 2.05) is 13.8 Å². The van der Waals surface area contributed by atoms with Gasteiger partial charge < -0.3 is 14.8 Å². The summed E-state index contributed by atoms with van der Waals surface area (Å²) in [5.41, 5.74) is 3.40. The lowest BCUT2D eigenvalue weighted by Gasteiger charge is -2.14. The third kappa shape index (κ3) is 3.99. The molecule has 7 heteroatoms. The summed E-state index contributed by atoms with van der Waals surface area (Å²) in [6.45, 7) is 7.06. The van der Waals surface area contributed by atoms with E-state index in [1.165, 1.54) is 14.0 Å². The van der Waals surface area contributed by atoms with Crippen molar-refractivity contribution in [2.24, 2.45) is 7.05 Å². The zero-order chi connectivity index (χ0) is 18.7. The van der Waals surface area contributed by atoms with Gasteiger partial charge in [0.2, 0.25) is 0 Å². The van der Waals surface area contributed by atoms with E-state index in [1.54, 1.807) is 36.9 Å². The highest BCUT2D eigenvalue weighted by molar-refractivity contribution is 5.98. The van der Waals surface area contributed by atoms with Crippen LogP contribution in [-0.4, -0.2) is 34.9 Å². The van der Waals surface area contributed by atoms with Gasteiger partial charge in [0.15, 0.2) is 6.10 Å². The number of anilines is 1. The van der Waals surface area contributed by atoms with Gasteiger partial charge in [0.05, 0.1) is 29.7 Å². The van der Waals surface area contributed by atoms with Gasteiger partial charge >= 0.3 is 5.97 Å². The van der Waals surface area contributed by atoms with E-state index in [0.717, 1.165) is 11.3 Å². The fourth-order valence-corrected chi connectivity index (χ4v) is 2.41. The Morgan fingerprint density at radius 1 is 1.24 bits per heavy atom. The van der Waals surface area contributed by atoms with Crippen molar-refractivity contribution >= 4 is 17.6 Å². The molecule has 0 aliphatic heterocycles.